The molecular weight excluding hydrogens is 285 g/mol. The van der Waals surface area contributed by atoms with Crippen molar-refractivity contribution in [1.29, 1.82) is 0 Å². The fourth-order valence-corrected chi connectivity index (χ4v) is 2.16. The summed E-state index contributed by atoms with van der Waals surface area (Å²) >= 11 is 0. The quantitative estimate of drug-likeness (QED) is 0.921. The van der Waals surface area contributed by atoms with E-state index >= 15 is 0 Å². The SMILES string of the molecule is COc1ccc(C(C)NC(=O)c2cccc(F)c2)c(OC)c1. The van der Waals surface area contributed by atoms with Gasteiger partial charge in [-0.25, -0.2) is 4.39 Å². The molecule has 2 aromatic carbocycles. The number of benzene rings is 2. The zero-order valence-corrected chi connectivity index (χ0v) is 12.7. The van der Waals surface area contributed by atoms with E-state index in [4.69, 9.17) is 9.47 Å². The summed E-state index contributed by atoms with van der Waals surface area (Å²) in [6, 6.07) is 10.6. The number of hydrogen-bond acceptors (Lipinski definition) is 3. The standard InChI is InChI=1S/C17H18FNO3/c1-11(15-8-7-14(21-2)10-16(15)22-3)19-17(20)12-5-4-6-13(18)9-12/h4-11H,1-3H3,(H,19,20). The number of rotatable bonds is 5. The lowest BCUT2D eigenvalue weighted by molar-refractivity contribution is 0.0939. The molecule has 0 spiro atoms. The maximum absolute atomic E-state index is 13.2. The molecule has 1 atom stereocenters. The molecule has 0 heterocycles. The number of amides is 1. The Morgan fingerprint density at radius 3 is 2.55 bits per heavy atom. The lowest BCUT2D eigenvalue weighted by Gasteiger charge is -2.18. The molecule has 1 unspecified atom stereocenters. The molecular formula is C17H18FNO3. The highest BCUT2D eigenvalue weighted by molar-refractivity contribution is 5.94. The van der Waals surface area contributed by atoms with E-state index in [9.17, 15) is 9.18 Å². The third-order valence-electron chi connectivity index (χ3n) is 3.34. The van der Waals surface area contributed by atoms with E-state index in [0.29, 0.717) is 11.5 Å². The van der Waals surface area contributed by atoms with Crippen LogP contribution in [0.25, 0.3) is 0 Å². The first-order valence-corrected chi connectivity index (χ1v) is 6.83. The normalized spacial score (nSPS) is 11.6. The number of carbonyl (C=O) groups excluding carboxylic acids is 1. The Hall–Kier alpha value is -2.56. The molecule has 2 aromatic rings. The molecule has 4 nitrogen and oxygen atoms in total. The van der Waals surface area contributed by atoms with Crippen LogP contribution in [0.15, 0.2) is 42.5 Å². The van der Waals surface area contributed by atoms with Gasteiger partial charge in [0, 0.05) is 17.2 Å². The highest BCUT2D eigenvalue weighted by Crippen LogP contribution is 2.29. The first-order chi connectivity index (χ1) is 10.5. The van der Waals surface area contributed by atoms with Crippen LogP contribution in [-0.2, 0) is 0 Å². The van der Waals surface area contributed by atoms with Crippen molar-refractivity contribution in [2.24, 2.45) is 0 Å². The molecule has 0 fully saturated rings. The van der Waals surface area contributed by atoms with Gasteiger partial charge in [-0.1, -0.05) is 6.07 Å². The van der Waals surface area contributed by atoms with E-state index in [-0.39, 0.29) is 17.5 Å². The van der Waals surface area contributed by atoms with Gasteiger partial charge in [-0.3, -0.25) is 4.79 Å². The summed E-state index contributed by atoms with van der Waals surface area (Å²) in [5, 5.41) is 2.83. The molecule has 5 heteroatoms. The minimum atomic E-state index is -0.442. The Morgan fingerprint density at radius 2 is 1.91 bits per heavy atom. The molecule has 0 radical (unpaired) electrons. The summed E-state index contributed by atoms with van der Waals surface area (Å²) in [4.78, 5) is 12.2. The topological polar surface area (TPSA) is 47.6 Å². The zero-order chi connectivity index (χ0) is 16.1. The second kappa shape index (κ2) is 6.93. The van der Waals surface area contributed by atoms with Gasteiger partial charge in [0.25, 0.3) is 5.91 Å². The Bertz CT molecular complexity index is 673. The van der Waals surface area contributed by atoms with Gasteiger partial charge in [0.15, 0.2) is 0 Å². The summed E-state index contributed by atoms with van der Waals surface area (Å²) in [6.45, 7) is 1.83. The molecule has 0 aliphatic heterocycles. The second-order valence-corrected chi connectivity index (χ2v) is 4.81. The maximum atomic E-state index is 13.2. The number of ether oxygens (including phenoxy) is 2. The molecule has 0 saturated heterocycles. The fraction of sp³-hybridized carbons (Fsp3) is 0.235. The number of hydrogen-bond donors (Lipinski definition) is 1. The summed E-state index contributed by atoms with van der Waals surface area (Å²) in [7, 11) is 3.13. The third-order valence-corrected chi connectivity index (χ3v) is 3.34. The van der Waals surface area contributed by atoms with E-state index < -0.39 is 5.82 Å². The smallest absolute Gasteiger partial charge is 0.251 e. The van der Waals surface area contributed by atoms with E-state index in [1.54, 1.807) is 32.4 Å². The molecule has 0 saturated carbocycles. The molecule has 1 amide bonds. The molecule has 22 heavy (non-hydrogen) atoms. The maximum Gasteiger partial charge on any atom is 0.251 e. The van der Waals surface area contributed by atoms with Crippen molar-refractivity contribution in [3.05, 3.63) is 59.4 Å². The van der Waals surface area contributed by atoms with Crippen LogP contribution in [0, 0.1) is 5.82 Å². The average Bonchev–Trinajstić information content (AvgIpc) is 2.54. The van der Waals surface area contributed by atoms with Crippen LogP contribution < -0.4 is 14.8 Å². The minimum Gasteiger partial charge on any atom is -0.497 e. The van der Waals surface area contributed by atoms with Crippen molar-refractivity contribution in [2.75, 3.05) is 14.2 Å². The Morgan fingerprint density at radius 1 is 1.14 bits per heavy atom. The number of carbonyl (C=O) groups is 1. The summed E-state index contributed by atoms with van der Waals surface area (Å²) in [5.74, 6) is 0.503. The molecule has 0 aliphatic carbocycles. The summed E-state index contributed by atoms with van der Waals surface area (Å²) in [6.07, 6.45) is 0. The molecule has 0 aromatic heterocycles. The third kappa shape index (κ3) is 3.55. The van der Waals surface area contributed by atoms with Crippen molar-refractivity contribution >= 4 is 5.91 Å². The summed E-state index contributed by atoms with van der Waals surface area (Å²) in [5.41, 5.74) is 1.09. The second-order valence-electron chi connectivity index (χ2n) is 4.81. The minimum absolute atomic E-state index is 0.277. The molecule has 2 rings (SSSR count). The lowest BCUT2D eigenvalue weighted by Crippen LogP contribution is -2.27. The van der Waals surface area contributed by atoms with E-state index in [1.807, 2.05) is 13.0 Å². The number of halogens is 1. The largest absolute Gasteiger partial charge is 0.497 e. The van der Waals surface area contributed by atoms with E-state index in [1.165, 1.54) is 18.2 Å². The van der Waals surface area contributed by atoms with Crippen LogP contribution in [0.1, 0.15) is 28.9 Å². The van der Waals surface area contributed by atoms with Crippen LogP contribution in [0.5, 0.6) is 11.5 Å². The van der Waals surface area contributed by atoms with Gasteiger partial charge in [0.2, 0.25) is 0 Å². The van der Waals surface area contributed by atoms with Crippen molar-refractivity contribution in [2.45, 2.75) is 13.0 Å². The Balaban J connectivity index is 2.18. The highest BCUT2D eigenvalue weighted by atomic mass is 19.1. The van der Waals surface area contributed by atoms with Crippen molar-refractivity contribution < 1.29 is 18.7 Å². The molecule has 116 valence electrons. The van der Waals surface area contributed by atoms with Crippen molar-refractivity contribution in [3.8, 4) is 11.5 Å². The first-order valence-electron chi connectivity index (χ1n) is 6.83. The Labute approximate surface area is 128 Å². The van der Waals surface area contributed by atoms with Gasteiger partial charge in [-0.05, 0) is 37.3 Å². The van der Waals surface area contributed by atoms with Gasteiger partial charge in [0.1, 0.15) is 17.3 Å². The van der Waals surface area contributed by atoms with E-state index in [0.717, 1.165) is 5.56 Å². The predicted octanol–water partition coefficient (Wildman–Crippen LogP) is 3.33. The van der Waals surface area contributed by atoms with Crippen molar-refractivity contribution in [3.63, 3.8) is 0 Å². The van der Waals surface area contributed by atoms with Crippen LogP contribution in [0.4, 0.5) is 4.39 Å². The van der Waals surface area contributed by atoms with Gasteiger partial charge in [0.05, 0.1) is 20.3 Å². The fourth-order valence-electron chi connectivity index (χ4n) is 2.16. The highest BCUT2D eigenvalue weighted by Gasteiger charge is 2.16. The van der Waals surface area contributed by atoms with Gasteiger partial charge >= 0.3 is 0 Å². The molecule has 1 N–H and O–H groups in total. The van der Waals surface area contributed by atoms with Gasteiger partial charge < -0.3 is 14.8 Å². The van der Waals surface area contributed by atoms with Crippen molar-refractivity contribution in [1.82, 2.24) is 5.32 Å². The van der Waals surface area contributed by atoms with Crippen LogP contribution in [0.3, 0.4) is 0 Å². The molecule has 0 bridgehead atoms. The monoisotopic (exact) mass is 303 g/mol. The van der Waals surface area contributed by atoms with Gasteiger partial charge in [-0.15, -0.1) is 0 Å². The zero-order valence-electron chi connectivity index (χ0n) is 12.7. The lowest BCUT2D eigenvalue weighted by atomic mass is 10.1. The van der Waals surface area contributed by atoms with E-state index in [2.05, 4.69) is 5.32 Å². The van der Waals surface area contributed by atoms with Gasteiger partial charge in [-0.2, -0.15) is 0 Å². The van der Waals surface area contributed by atoms with Crippen LogP contribution >= 0.6 is 0 Å². The Kier molecular flexibility index (Phi) is 4.99. The molecule has 0 aliphatic rings. The predicted molar refractivity (Wildman–Crippen MR) is 81.8 cm³/mol. The average molecular weight is 303 g/mol. The first kappa shape index (κ1) is 15.8. The number of nitrogens with one attached hydrogen (secondary N) is 1. The summed E-state index contributed by atoms with van der Waals surface area (Å²) < 4.78 is 23.6. The van der Waals surface area contributed by atoms with Crippen LogP contribution in [-0.4, -0.2) is 20.1 Å². The number of methoxy groups -OCH3 is 2. The van der Waals surface area contributed by atoms with Crippen LogP contribution in [0.2, 0.25) is 0 Å².